The van der Waals surface area contributed by atoms with Crippen LogP contribution in [0.2, 0.25) is 0 Å². The van der Waals surface area contributed by atoms with Crippen molar-refractivity contribution in [2.45, 2.75) is 6.92 Å². The molecule has 1 saturated heterocycles. The summed E-state index contributed by atoms with van der Waals surface area (Å²) in [4.78, 5) is 19.1. The fourth-order valence-corrected chi connectivity index (χ4v) is 3.47. The van der Waals surface area contributed by atoms with Gasteiger partial charge < -0.3 is 14.6 Å². The van der Waals surface area contributed by atoms with E-state index < -0.39 is 0 Å². The Hall–Kier alpha value is -2.93. The van der Waals surface area contributed by atoms with Gasteiger partial charge in [-0.05, 0) is 55.1 Å². The second-order valence-electron chi connectivity index (χ2n) is 5.69. The first-order valence-electron chi connectivity index (χ1n) is 8.38. The van der Waals surface area contributed by atoms with Crippen molar-refractivity contribution in [3.8, 4) is 17.2 Å². The number of hydrogen-bond acceptors (Lipinski definition) is 6. The van der Waals surface area contributed by atoms with Gasteiger partial charge in [0, 0.05) is 12.6 Å². The predicted octanol–water partition coefficient (Wildman–Crippen LogP) is 4.03. The number of methoxy groups -OCH3 is 1. The number of carbonyl (C=O) groups is 1. The van der Waals surface area contributed by atoms with Gasteiger partial charge in [0.1, 0.15) is 5.75 Å². The standard InChI is InChI=1S/C20H20N2O4S/c1-4-26-16-7-5-6-13(18(16)23)12-17-19(24)22(2)20(27-17)21-14-8-10-15(25-3)11-9-14/h5-12,23H,4H2,1-3H3/b17-12+,21-20?. The van der Waals surface area contributed by atoms with E-state index in [0.29, 0.717) is 28.0 Å². The maximum atomic E-state index is 12.6. The molecule has 1 heterocycles. The molecular weight excluding hydrogens is 364 g/mol. The lowest BCUT2D eigenvalue weighted by molar-refractivity contribution is -0.121. The number of amides is 1. The van der Waals surface area contributed by atoms with Crippen molar-refractivity contribution >= 4 is 34.6 Å². The van der Waals surface area contributed by atoms with Crippen molar-refractivity contribution in [3.63, 3.8) is 0 Å². The lowest BCUT2D eigenvalue weighted by Crippen LogP contribution is -2.23. The van der Waals surface area contributed by atoms with Crippen LogP contribution in [0.4, 0.5) is 5.69 Å². The Morgan fingerprint density at radius 3 is 2.63 bits per heavy atom. The van der Waals surface area contributed by atoms with Gasteiger partial charge in [-0.25, -0.2) is 4.99 Å². The number of rotatable bonds is 5. The minimum atomic E-state index is -0.173. The summed E-state index contributed by atoms with van der Waals surface area (Å²) >= 11 is 1.26. The second kappa shape index (κ2) is 8.18. The Labute approximate surface area is 162 Å². The van der Waals surface area contributed by atoms with Crippen LogP contribution in [0.15, 0.2) is 52.4 Å². The molecular formula is C20H20N2O4S. The van der Waals surface area contributed by atoms with E-state index in [1.807, 2.05) is 31.2 Å². The number of para-hydroxylation sites is 1. The van der Waals surface area contributed by atoms with E-state index >= 15 is 0 Å². The Kier molecular flexibility index (Phi) is 5.71. The zero-order valence-corrected chi connectivity index (χ0v) is 16.1. The molecule has 3 rings (SSSR count). The van der Waals surface area contributed by atoms with E-state index in [4.69, 9.17) is 9.47 Å². The first-order valence-corrected chi connectivity index (χ1v) is 9.20. The molecule has 0 saturated carbocycles. The van der Waals surface area contributed by atoms with Gasteiger partial charge in [0.2, 0.25) is 0 Å². The molecule has 0 bridgehead atoms. The third-order valence-electron chi connectivity index (χ3n) is 3.92. The summed E-state index contributed by atoms with van der Waals surface area (Å²) in [5, 5.41) is 10.9. The molecule has 7 heteroatoms. The molecule has 0 atom stereocenters. The molecule has 1 amide bonds. The third-order valence-corrected chi connectivity index (χ3v) is 4.98. The number of carbonyl (C=O) groups excluding carboxylic acids is 1. The first-order chi connectivity index (χ1) is 13.0. The smallest absolute Gasteiger partial charge is 0.266 e. The van der Waals surface area contributed by atoms with Crippen LogP contribution in [-0.4, -0.2) is 41.8 Å². The van der Waals surface area contributed by atoms with E-state index in [1.165, 1.54) is 16.7 Å². The number of phenolic OH excluding ortho intramolecular Hbond substituents is 1. The normalized spacial score (nSPS) is 17.0. The number of ether oxygens (including phenoxy) is 2. The van der Waals surface area contributed by atoms with E-state index in [9.17, 15) is 9.90 Å². The van der Waals surface area contributed by atoms with Crippen LogP contribution in [0.3, 0.4) is 0 Å². The molecule has 0 spiro atoms. The molecule has 1 N–H and O–H groups in total. The maximum Gasteiger partial charge on any atom is 0.266 e. The number of benzene rings is 2. The molecule has 1 fully saturated rings. The fourth-order valence-electron chi connectivity index (χ4n) is 2.49. The van der Waals surface area contributed by atoms with Crippen molar-refractivity contribution in [1.82, 2.24) is 4.90 Å². The molecule has 1 aliphatic rings. The Balaban J connectivity index is 1.88. The number of amidine groups is 1. The lowest BCUT2D eigenvalue weighted by atomic mass is 10.1. The lowest BCUT2D eigenvalue weighted by Gasteiger charge is -2.08. The highest BCUT2D eigenvalue weighted by Crippen LogP contribution is 2.37. The average Bonchev–Trinajstić information content (AvgIpc) is 2.93. The first kappa shape index (κ1) is 18.8. The molecule has 6 nitrogen and oxygen atoms in total. The van der Waals surface area contributed by atoms with Crippen molar-refractivity contribution in [1.29, 1.82) is 0 Å². The number of thioether (sulfide) groups is 1. The van der Waals surface area contributed by atoms with Crippen molar-refractivity contribution in [3.05, 3.63) is 52.9 Å². The van der Waals surface area contributed by atoms with E-state index in [0.717, 1.165) is 11.4 Å². The molecule has 0 unspecified atom stereocenters. The summed E-state index contributed by atoms with van der Waals surface area (Å²) in [6.07, 6.45) is 1.65. The van der Waals surface area contributed by atoms with Crippen LogP contribution in [-0.2, 0) is 4.79 Å². The van der Waals surface area contributed by atoms with E-state index in [1.54, 1.807) is 38.4 Å². The van der Waals surface area contributed by atoms with Crippen LogP contribution in [0.25, 0.3) is 6.08 Å². The number of nitrogens with zero attached hydrogens (tertiary/aromatic N) is 2. The van der Waals surface area contributed by atoms with Gasteiger partial charge in [0.15, 0.2) is 16.7 Å². The fraction of sp³-hybridized carbons (Fsp3) is 0.200. The predicted molar refractivity (Wildman–Crippen MR) is 108 cm³/mol. The van der Waals surface area contributed by atoms with Crippen LogP contribution in [0.1, 0.15) is 12.5 Å². The number of aromatic hydroxyl groups is 1. The van der Waals surface area contributed by atoms with Gasteiger partial charge in [0.05, 0.1) is 24.3 Å². The second-order valence-corrected chi connectivity index (χ2v) is 6.70. The minimum absolute atomic E-state index is 0.0171. The highest BCUT2D eigenvalue weighted by molar-refractivity contribution is 8.18. The number of hydrogen-bond donors (Lipinski definition) is 1. The number of likely N-dealkylation sites (N-methyl/N-ethyl adjacent to an activating group) is 1. The Bertz CT molecular complexity index is 907. The highest BCUT2D eigenvalue weighted by atomic mass is 32.2. The monoisotopic (exact) mass is 384 g/mol. The van der Waals surface area contributed by atoms with Crippen molar-refractivity contribution in [2.75, 3.05) is 20.8 Å². The summed E-state index contributed by atoms with van der Waals surface area (Å²) in [5.41, 5.74) is 1.25. The topological polar surface area (TPSA) is 71.4 Å². The maximum absolute atomic E-state index is 12.6. The van der Waals surface area contributed by atoms with Gasteiger partial charge >= 0.3 is 0 Å². The van der Waals surface area contributed by atoms with E-state index in [2.05, 4.69) is 4.99 Å². The molecule has 2 aromatic carbocycles. The summed E-state index contributed by atoms with van der Waals surface area (Å²) in [5.74, 6) is 0.979. The SMILES string of the molecule is CCOc1cccc(/C=C2/SC(=Nc3ccc(OC)cc3)N(C)C2=O)c1O. The molecule has 0 radical (unpaired) electrons. The quantitative estimate of drug-likeness (QED) is 0.788. The van der Waals surface area contributed by atoms with Gasteiger partial charge in [-0.15, -0.1) is 0 Å². The molecule has 27 heavy (non-hydrogen) atoms. The average molecular weight is 384 g/mol. The molecule has 140 valence electrons. The van der Waals surface area contributed by atoms with Crippen LogP contribution in [0.5, 0.6) is 17.2 Å². The molecule has 2 aromatic rings. The van der Waals surface area contributed by atoms with Gasteiger partial charge in [-0.1, -0.05) is 12.1 Å². The Morgan fingerprint density at radius 1 is 1.22 bits per heavy atom. The van der Waals surface area contributed by atoms with Crippen LogP contribution >= 0.6 is 11.8 Å². The summed E-state index contributed by atoms with van der Waals surface area (Å²) in [7, 11) is 3.28. The summed E-state index contributed by atoms with van der Waals surface area (Å²) in [6.45, 7) is 2.29. The van der Waals surface area contributed by atoms with Crippen molar-refractivity contribution in [2.24, 2.45) is 4.99 Å². The summed E-state index contributed by atoms with van der Waals surface area (Å²) in [6, 6.07) is 12.5. The van der Waals surface area contributed by atoms with Crippen LogP contribution < -0.4 is 9.47 Å². The van der Waals surface area contributed by atoms with Gasteiger partial charge in [-0.3, -0.25) is 9.69 Å². The molecule has 1 aliphatic heterocycles. The molecule has 0 aromatic heterocycles. The highest BCUT2D eigenvalue weighted by Gasteiger charge is 2.30. The third kappa shape index (κ3) is 4.09. The van der Waals surface area contributed by atoms with Crippen molar-refractivity contribution < 1.29 is 19.4 Å². The van der Waals surface area contributed by atoms with Gasteiger partial charge in [0.25, 0.3) is 5.91 Å². The minimum Gasteiger partial charge on any atom is -0.504 e. The van der Waals surface area contributed by atoms with Crippen LogP contribution in [0, 0.1) is 0 Å². The summed E-state index contributed by atoms with van der Waals surface area (Å²) < 4.78 is 10.5. The van der Waals surface area contributed by atoms with Gasteiger partial charge in [-0.2, -0.15) is 0 Å². The number of phenols is 1. The Morgan fingerprint density at radius 2 is 1.96 bits per heavy atom. The van der Waals surface area contributed by atoms with E-state index in [-0.39, 0.29) is 11.7 Å². The zero-order chi connectivity index (χ0) is 19.4. The molecule has 0 aliphatic carbocycles. The number of aliphatic imine (C=N–C) groups is 1. The largest absolute Gasteiger partial charge is 0.504 e. The zero-order valence-electron chi connectivity index (χ0n) is 15.3.